The molecule has 116 valence electrons. The first-order valence-electron chi connectivity index (χ1n) is 7.43. The molecule has 1 amide bonds. The summed E-state index contributed by atoms with van der Waals surface area (Å²) in [5.74, 6) is -0.998. The van der Waals surface area contributed by atoms with Crippen molar-refractivity contribution < 1.29 is 14.7 Å². The van der Waals surface area contributed by atoms with Gasteiger partial charge in [0.25, 0.3) is 5.91 Å². The zero-order valence-electron chi connectivity index (χ0n) is 12.8. The van der Waals surface area contributed by atoms with E-state index in [2.05, 4.69) is 0 Å². The topological polar surface area (TPSA) is 57.6 Å². The van der Waals surface area contributed by atoms with Crippen molar-refractivity contribution in [1.82, 2.24) is 4.90 Å². The molecule has 0 atom stereocenters. The molecule has 0 aliphatic carbocycles. The van der Waals surface area contributed by atoms with Gasteiger partial charge in [0, 0.05) is 12.1 Å². The van der Waals surface area contributed by atoms with Gasteiger partial charge in [0.1, 0.15) is 11.3 Å². The highest BCUT2D eigenvalue weighted by atomic mass is 16.3. The van der Waals surface area contributed by atoms with E-state index in [1.165, 1.54) is 4.90 Å². The summed E-state index contributed by atoms with van der Waals surface area (Å²) in [5, 5.41) is 10.4. The van der Waals surface area contributed by atoms with E-state index in [4.69, 9.17) is 0 Å². The van der Waals surface area contributed by atoms with Gasteiger partial charge in [0.2, 0.25) is 0 Å². The quantitative estimate of drug-likeness (QED) is 0.539. The highest BCUT2D eigenvalue weighted by Gasteiger charge is 2.36. The first-order valence-corrected chi connectivity index (χ1v) is 7.43. The predicted molar refractivity (Wildman–Crippen MR) is 87.6 cm³/mol. The lowest BCUT2D eigenvalue weighted by Gasteiger charge is -2.14. The molecule has 0 bridgehead atoms. The fraction of sp³-hybridized carbons (Fsp3) is 0.158. The third kappa shape index (κ3) is 3.01. The fourth-order valence-corrected chi connectivity index (χ4v) is 2.70. The van der Waals surface area contributed by atoms with Gasteiger partial charge in [-0.15, -0.1) is 0 Å². The van der Waals surface area contributed by atoms with Gasteiger partial charge in [-0.25, -0.2) is 0 Å². The maximum atomic E-state index is 12.5. The number of aryl methyl sites for hydroxylation is 1. The van der Waals surface area contributed by atoms with Crippen molar-refractivity contribution in [3.8, 4) is 0 Å². The highest BCUT2D eigenvalue weighted by molar-refractivity contribution is 6.28. The lowest BCUT2D eigenvalue weighted by atomic mass is 10.0. The van der Waals surface area contributed by atoms with Crippen LogP contribution in [0.5, 0.6) is 0 Å². The summed E-state index contributed by atoms with van der Waals surface area (Å²) in [6, 6.07) is 16.6. The van der Waals surface area contributed by atoms with Crippen LogP contribution in [-0.4, -0.2) is 28.2 Å². The van der Waals surface area contributed by atoms with Crippen molar-refractivity contribution in [2.75, 3.05) is 6.54 Å². The van der Waals surface area contributed by atoms with E-state index in [9.17, 15) is 14.7 Å². The van der Waals surface area contributed by atoms with Gasteiger partial charge in [0.15, 0.2) is 5.78 Å². The van der Waals surface area contributed by atoms with Crippen molar-refractivity contribution >= 4 is 17.4 Å². The number of carbonyl (C=O) groups is 2. The molecule has 0 radical (unpaired) electrons. The van der Waals surface area contributed by atoms with Crippen molar-refractivity contribution in [2.45, 2.75) is 13.5 Å². The number of hydrogen-bond acceptors (Lipinski definition) is 3. The van der Waals surface area contributed by atoms with Crippen LogP contribution in [0.25, 0.3) is 5.76 Å². The van der Waals surface area contributed by atoms with Crippen LogP contribution in [0, 0.1) is 6.92 Å². The highest BCUT2D eigenvalue weighted by Crippen LogP contribution is 2.25. The molecule has 2 aromatic carbocycles. The average molecular weight is 307 g/mol. The van der Waals surface area contributed by atoms with Crippen LogP contribution >= 0.6 is 0 Å². The van der Waals surface area contributed by atoms with Crippen LogP contribution in [0.15, 0.2) is 60.2 Å². The lowest BCUT2D eigenvalue weighted by molar-refractivity contribution is -0.125. The molecule has 0 saturated carbocycles. The standard InChI is InChI=1S/C19H17NO3/c1-13-6-5-9-15(10-13)18(22)17-16(21)12-20(19(17)23)11-14-7-3-2-4-8-14/h2-10,22H,11-12H2,1H3/b18-17+. The molecule has 4 heteroatoms. The number of aliphatic hydroxyl groups is 1. The van der Waals surface area contributed by atoms with Crippen molar-refractivity contribution in [3.05, 3.63) is 76.9 Å². The van der Waals surface area contributed by atoms with E-state index in [-0.39, 0.29) is 23.7 Å². The smallest absolute Gasteiger partial charge is 0.262 e. The van der Waals surface area contributed by atoms with Crippen LogP contribution < -0.4 is 0 Å². The molecule has 3 rings (SSSR count). The van der Waals surface area contributed by atoms with Gasteiger partial charge in [-0.1, -0.05) is 54.1 Å². The van der Waals surface area contributed by atoms with Crippen molar-refractivity contribution in [2.24, 2.45) is 0 Å². The minimum absolute atomic E-state index is 0.00105. The number of likely N-dealkylation sites (tertiary alicyclic amines) is 1. The molecule has 1 heterocycles. The monoisotopic (exact) mass is 307 g/mol. The summed E-state index contributed by atoms with van der Waals surface area (Å²) < 4.78 is 0. The number of hydrogen-bond donors (Lipinski definition) is 1. The third-order valence-electron chi connectivity index (χ3n) is 3.86. The second-order valence-corrected chi connectivity index (χ2v) is 5.66. The van der Waals surface area contributed by atoms with Crippen molar-refractivity contribution in [1.29, 1.82) is 0 Å². The first-order chi connectivity index (χ1) is 11.1. The summed E-state index contributed by atoms with van der Waals surface area (Å²) in [6.07, 6.45) is 0. The molecule has 1 N–H and O–H groups in total. The molecule has 4 nitrogen and oxygen atoms in total. The normalized spacial score (nSPS) is 16.8. The zero-order chi connectivity index (χ0) is 16.4. The van der Waals surface area contributed by atoms with E-state index >= 15 is 0 Å². The number of ketones is 1. The summed E-state index contributed by atoms with van der Waals surface area (Å²) in [6.45, 7) is 2.25. The molecule has 1 aliphatic heterocycles. The zero-order valence-corrected chi connectivity index (χ0v) is 12.8. The summed E-state index contributed by atoms with van der Waals surface area (Å²) in [5.41, 5.74) is 2.27. The Morgan fingerprint density at radius 1 is 1.09 bits per heavy atom. The summed E-state index contributed by atoms with van der Waals surface area (Å²) in [7, 11) is 0. The molecular weight excluding hydrogens is 290 g/mol. The molecule has 1 saturated heterocycles. The van der Waals surface area contributed by atoms with E-state index in [1.54, 1.807) is 18.2 Å². The second-order valence-electron chi connectivity index (χ2n) is 5.66. The molecule has 0 aromatic heterocycles. The Kier molecular flexibility index (Phi) is 3.98. The first kappa shape index (κ1) is 15.0. The Morgan fingerprint density at radius 3 is 2.52 bits per heavy atom. The van der Waals surface area contributed by atoms with Gasteiger partial charge in [-0.2, -0.15) is 0 Å². The van der Waals surface area contributed by atoms with Crippen molar-refractivity contribution in [3.63, 3.8) is 0 Å². The predicted octanol–water partition coefficient (Wildman–Crippen LogP) is 2.88. The SMILES string of the molecule is Cc1cccc(/C(O)=C2/C(=O)CN(Cc3ccccc3)C2=O)c1. The van der Waals surface area contributed by atoms with E-state index < -0.39 is 5.91 Å². The van der Waals surface area contributed by atoms with E-state index in [1.807, 2.05) is 43.3 Å². The lowest BCUT2D eigenvalue weighted by Crippen LogP contribution is -2.25. The van der Waals surface area contributed by atoms with Crippen LogP contribution in [0.2, 0.25) is 0 Å². The second kappa shape index (κ2) is 6.08. The number of rotatable bonds is 3. The number of amides is 1. The molecule has 1 aliphatic rings. The Hall–Kier alpha value is -2.88. The van der Waals surface area contributed by atoms with E-state index in [0.717, 1.165) is 11.1 Å². The Morgan fingerprint density at radius 2 is 1.83 bits per heavy atom. The third-order valence-corrected chi connectivity index (χ3v) is 3.86. The molecule has 0 spiro atoms. The van der Waals surface area contributed by atoms with Crippen LogP contribution in [0.1, 0.15) is 16.7 Å². The summed E-state index contributed by atoms with van der Waals surface area (Å²) >= 11 is 0. The van der Waals surface area contributed by atoms with E-state index in [0.29, 0.717) is 12.1 Å². The van der Waals surface area contributed by atoms with Gasteiger partial charge in [-0.3, -0.25) is 9.59 Å². The van der Waals surface area contributed by atoms with Gasteiger partial charge in [-0.05, 0) is 18.6 Å². The molecular formula is C19H17NO3. The van der Waals surface area contributed by atoms with Gasteiger partial charge < -0.3 is 10.0 Å². The van der Waals surface area contributed by atoms with Gasteiger partial charge in [0.05, 0.1) is 6.54 Å². The number of nitrogens with zero attached hydrogens (tertiary/aromatic N) is 1. The van der Waals surface area contributed by atoms with Crippen LogP contribution in [0.4, 0.5) is 0 Å². The van der Waals surface area contributed by atoms with Crippen LogP contribution in [-0.2, 0) is 16.1 Å². The maximum absolute atomic E-state index is 12.5. The fourth-order valence-electron chi connectivity index (χ4n) is 2.70. The summed E-state index contributed by atoms with van der Waals surface area (Å²) in [4.78, 5) is 26.2. The maximum Gasteiger partial charge on any atom is 0.262 e. The average Bonchev–Trinajstić information content (AvgIpc) is 2.82. The number of benzene rings is 2. The largest absolute Gasteiger partial charge is 0.506 e. The Balaban J connectivity index is 1.90. The number of aliphatic hydroxyl groups excluding tert-OH is 1. The number of Topliss-reactive ketones (excluding diaryl/α,β-unsaturated/α-hetero) is 1. The molecule has 2 aromatic rings. The minimum atomic E-state index is -0.419. The minimum Gasteiger partial charge on any atom is -0.506 e. The Bertz CT molecular complexity index is 793. The van der Waals surface area contributed by atoms with Crippen LogP contribution in [0.3, 0.4) is 0 Å². The molecule has 23 heavy (non-hydrogen) atoms. The number of carbonyl (C=O) groups excluding carboxylic acids is 2. The molecule has 0 unspecified atom stereocenters. The van der Waals surface area contributed by atoms with Gasteiger partial charge >= 0.3 is 0 Å². The molecule has 1 fully saturated rings. The Labute approximate surface area is 134 Å².